The largest absolute Gasteiger partial charge is 0.466 e. The van der Waals surface area contributed by atoms with Crippen LogP contribution in [-0.2, 0) is 14.3 Å². The van der Waals surface area contributed by atoms with Gasteiger partial charge in [0.05, 0.1) is 18.8 Å². The van der Waals surface area contributed by atoms with Gasteiger partial charge in [0.15, 0.2) is 0 Å². The van der Waals surface area contributed by atoms with Crippen LogP contribution >= 0.6 is 0 Å². The molecule has 1 aliphatic heterocycles. The lowest BCUT2D eigenvalue weighted by Gasteiger charge is -2.13. The zero-order valence-electron chi connectivity index (χ0n) is 11.1. The smallest absolute Gasteiger partial charge is 0.302 e. The molecule has 0 N–H and O–H groups in total. The number of carbonyl (C=O) groups excluding carboxylic acids is 1. The van der Waals surface area contributed by atoms with Crippen LogP contribution in [0.5, 0.6) is 0 Å². The minimum atomic E-state index is -0.262. The summed E-state index contributed by atoms with van der Waals surface area (Å²) in [6.07, 6.45) is 1.45. The first kappa shape index (κ1) is 13.6. The van der Waals surface area contributed by atoms with E-state index in [1.54, 1.807) is 0 Å². The number of benzene rings is 1. The Morgan fingerprint density at radius 1 is 1.47 bits per heavy atom. The Kier molecular flexibility index (Phi) is 4.56. The maximum absolute atomic E-state index is 10.8. The third-order valence-corrected chi connectivity index (χ3v) is 3.21. The summed E-state index contributed by atoms with van der Waals surface area (Å²) in [5.41, 5.74) is 5.17. The molecule has 100 valence electrons. The molecular formula is C16H18O3. The first-order valence-electron chi connectivity index (χ1n) is 6.43. The fourth-order valence-electron chi connectivity index (χ4n) is 2.26. The van der Waals surface area contributed by atoms with E-state index in [4.69, 9.17) is 9.47 Å². The minimum absolute atomic E-state index is 0.0489. The zero-order valence-corrected chi connectivity index (χ0v) is 11.1. The first-order chi connectivity index (χ1) is 9.20. The molecule has 0 amide bonds. The van der Waals surface area contributed by atoms with E-state index >= 15 is 0 Å². The molecule has 0 saturated carbocycles. The summed E-state index contributed by atoms with van der Waals surface area (Å²) >= 11 is 0. The van der Waals surface area contributed by atoms with Crippen molar-refractivity contribution in [3.8, 4) is 0 Å². The maximum Gasteiger partial charge on any atom is 0.302 e. The molecule has 0 aliphatic carbocycles. The molecule has 2 atom stereocenters. The number of esters is 1. The Bertz CT molecular complexity index is 486. The standard InChI is InChI=1S/C16H18O3/c1-3-13-11-16(14-7-5-4-6-8-14)19-15(13)9-10-18-12(2)17/h4-8,15-16H,1,9-11H2,2H3/t15-,16-/m0/s1. The summed E-state index contributed by atoms with van der Waals surface area (Å²) in [5.74, 6) is -0.262. The van der Waals surface area contributed by atoms with Gasteiger partial charge in [-0.05, 0) is 5.56 Å². The molecule has 1 aromatic rings. The van der Waals surface area contributed by atoms with E-state index in [0.29, 0.717) is 13.0 Å². The lowest BCUT2D eigenvalue weighted by molar-refractivity contribution is -0.141. The molecule has 3 heteroatoms. The molecule has 3 nitrogen and oxygen atoms in total. The summed E-state index contributed by atoms with van der Waals surface area (Å²) < 4.78 is 11.0. The second kappa shape index (κ2) is 6.37. The van der Waals surface area contributed by atoms with Crippen LogP contribution in [0.25, 0.3) is 0 Å². The van der Waals surface area contributed by atoms with Crippen molar-refractivity contribution in [3.63, 3.8) is 0 Å². The molecule has 1 aromatic carbocycles. The SMILES string of the molecule is C=C=C1C[C@@H](c2ccccc2)O[C@H]1CCOC(C)=O. The Balaban J connectivity index is 1.98. The number of ether oxygens (including phenoxy) is 2. The minimum Gasteiger partial charge on any atom is -0.466 e. The normalized spacial score (nSPS) is 22.1. The van der Waals surface area contributed by atoms with Gasteiger partial charge >= 0.3 is 5.97 Å². The van der Waals surface area contributed by atoms with Crippen LogP contribution in [0.3, 0.4) is 0 Å². The van der Waals surface area contributed by atoms with Crippen molar-refractivity contribution in [1.29, 1.82) is 0 Å². The highest BCUT2D eigenvalue weighted by Crippen LogP contribution is 2.37. The van der Waals surface area contributed by atoms with Crippen molar-refractivity contribution in [2.45, 2.75) is 32.0 Å². The molecule has 0 unspecified atom stereocenters. The fourth-order valence-corrected chi connectivity index (χ4v) is 2.26. The van der Waals surface area contributed by atoms with Gasteiger partial charge in [-0.2, -0.15) is 0 Å². The van der Waals surface area contributed by atoms with Gasteiger partial charge in [-0.15, -0.1) is 5.73 Å². The van der Waals surface area contributed by atoms with Crippen LogP contribution in [0.2, 0.25) is 0 Å². The molecule has 1 heterocycles. The van der Waals surface area contributed by atoms with Crippen molar-refractivity contribution in [2.24, 2.45) is 0 Å². The third kappa shape index (κ3) is 3.57. The lowest BCUT2D eigenvalue weighted by atomic mass is 10.0. The molecule has 1 fully saturated rings. The lowest BCUT2D eigenvalue weighted by Crippen LogP contribution is -2.13. The summed E-state index contributed by atoms with van der Waals surface area (Å²) in [4.78, 5) is 10.8. The Hall–Kier alpha value is -1.83. The second-order valence-corrected chi connectivity index (χ2v) is 4.56. The number of hydrogen-bond donors (Lipinski definition) is 0. The van der Waals surface area contributed by atoms with E-state index in [0.717, 1.165) is 17.6 Å². The average Bonchev–Trinajstić information content (AvgIpc) is 2.83. The fraction of sp³-hybridized carbons (Fsp3) is 0.375. The van der Waals surface area contributed by atoms with Gasteiger partial charge in [-0.3, -0.25) is 4.79 Å². The van der Waals surface area contributed by atoms with Crippen molar-refractivity contribution in [2.75, 3.05) is 6.61 Å². The number of rotatable bonds is 4. The van der Waals surface area contributed by atoms with Crippen molar-refractivity contribution in [3.05, 3.63) is 53.8 Å². The van der Waals surface area contributed by atoms with Crippen LogP contribution in [-0.4, -0.2) is 18.7 Å². The molecule has 0 spiro atoms. The highest BCUT2D eigenvalue weighted by molar-refractivity contribution is 5.65. The molecule has 0 radical (unpaired) electrons. The Labute approximate surface area is 113 Å². The zero-order chi connectivity index (χ0) is 13.7. The van der Waals surface area contributed by atoms with E-state index in [9.17, 15) is 4.79 Å². The van der Waals surface area contributed by atoms with Crippen LogP contribution in [0.1, 0.15) is 31.4 Å². The summed E-state index contributed by atoms with van der Waals surface area (Å²) in [6, 6.07) is 10.1. The average molecular weight is 258 g/mol. The molecule has 19 heavy (non-hydrogen) atoms. The van der Waals surface area contributed by atoms with Gasteiger partial charge < -0.3 is 9.47 Å². The van der Waals surface area contributed by atoms with Crippen LogP contribution in [0.4, 0.5) is 0 Å². The van der Waals surface area contributed by atoms with Crippen LogP contribution < -0.4 is 0 Å². The molecule has 1 saturated heterocycles. The number of hydrogen-bond acceptors (Lipinski definition) is 3. The topological polar surface area (TPSA) is 35.5 Å². The van der Waals surface area contributed by atoms with Gasteiger partial charge in [-0.25, -0.2) is 0 Å². The summed E-state index contributed by atoms with van der Waals surface area (Å²) in [7, 11) is 0. The molecular weight excluding hydrogens is 240 g/mol. The summed E-state index contributed by atoms with van der Waals surface area (Å²) in [6.45, 7) is 5.49. The highest BCUT2D eigenvalue weighted by atomic mass is 16.5. The predicted molar refractivity (Wildman–Crippen MR) is 72.6 cm³/mol. The maximum atomic E-state index is 10.8. The van der Waals surface area contributed by atoms with Crippen LogP contribution in [0.15, 0.2) is 48.2 Å². The Morgan fingerprint density at radius 3 is 2.84 bits per heavy atom. The van der Waals surface area contributed by atoms with Crippen molar-refractivity contribution >= 4 is 5.97 Å². The van der Waals surface area contributed by atoms with Gasteiger partial charge in [0, 0.05) is 25.3 Å². The van der Waals surface area contributed by atoms with Crippen LogP contribution in [0, 0.1) is 0 Å². The second-order valence-electron chi connectivity index (χ2n) is 4.56. The first-order valence-corrected chi connectivity index (χ1v) is 6.43. The van der Waals surface area contributed by atoms with E-state index < -0.39 is 0 Å². The van der Waals surface area contributed by atoms with Gasteiger partial charge in [-0.1, -0.05) is 36.9 Å². The van der Waals surface area contributed by atoms with E-state index in [2.05, 4.69) is 24.4 Å². The molecule has 0 bridgehead atoms. The van der Waals surface area contributed by atoms with Crippen molar-refractivity contribution < 1.29 is 14.3 Å². The summed E-state index contributed by atoms with van der Waals surface area (Å²) in [5, 5.41) is 0. The quantitative estimate of drug-likeness (QED) is 0.614. The van der Waals surface area contributed by atoms with Gasteiger partial charge in [0.1, 0.15) is 0 Å². The van der Waals surface area contributed by atoms with E-state index in [-0.39, 0.29) is 18.2 Å². The monoisotopic (exact) mass is 258 g/mol. The van der Waals surface area contributed by atoms with Crippen molar-refractivity contribution in [1.82, 2.24) is 0 Å². The highest BCUT2D eigenvalue weighted by Gasteiger charge is 2.30. The third-order valence-electron chi connectivity index (χ3n) is 3.21. The van der Waals surface area contributed by atoms with Gasteiger partial charge in [0.25, 0.3) is 0 Å². The molecule has 0 aromatic heterocycles. The van der Waals surface area contributed by atoms with E-state index in [1.165, 1.54) is 6.92 Å². The predicted octanol–water partition coefficient (Wildman–Crippen LogP) is 3.18. The van der Waals surface area contributed by atoms with Gasteiger partial charge in [0.2, 0.25) is 0 Å². The van der Waals surface area contributed by atoms with E-state index in [1.807, 2.05) is 18.2 Å². The Morgan fingerprint density at radius 2 is 2.21 bits per heavy atom. The molecule has 2 rings (SSSR count). The molecule has 1 aliphatic rings. The number of carbonyl (C=O) groups is 1.